The summed E-state index contributed by atoms with van der Waals surface area (Å²) in [5.74, 6) is 0. The van der Waals surface area contributed by atoms with Crippen molar-refractivity contribution in [3.8, 4) is 28.2 Å². The lowest BCUT2D eigenvalue weighted by Crippen LogP contribution is -2.02. The third kappa shape index (κ3) is 3.31. The summed E-state index contributed by atoms with van der Waals surface area (Å²) in [7, 11) is 0. The van der Waals surface area contributed by atoms with E-state index in [-0.39, 0.29) is 0 Å². The summed E-state index contributed by atoms with van der Waals surface area (Å²) in [6.45, 7) is 8.58. The fraction of sp³-hybridized carbons (Fsp3) is 0.160. The van der Waals surface area contributed by atoms with Crippen molar-refractivity contribution in [1.82, 2.24) is 9.78 Å². The number of aromatic nitrogens is 2. The molecule has 3 aromatic carbocycles. The molecular formula is C25H24N2. The molecule has 0 N–H and O–H groups in total. The topological polar surface area (TPSA) is 17.8 Å². The Hall–Kier alpha value is -3.13. The highest BCUT2D eigenvalue weighted by molar-refractivity contribution is 5.73. The van der Waals surface area contributed by atoms with E-state index in [0.717, 1.165) is 22.6 Å². The molecule has 134 valence electrons. The Morgan fingerprint density at radius 3 is 2.00 bits per heavy atom. The predicted octanol–water partition coefficient (Wildman–Crippen LogP) is 6.44. The van der Waals surface area contributed by atoms with Crippen molar-refractivity contribution in [3.05, 3.63) is 95.1 Å². The molecule has 0 fully saturated rings. The first-order chi connectivity index (χ1) is 13.0. The van der Waals surface area contributed by atoms with E-state index in [1.54, 1.807) is 0 Å². The van der Waals surface area contributed by atoms with Crippen molar-refractivity contribution in [3.63, 3.8) is 0 Å². The second kappa shape index (κ2) is 6.88. The fourth-order valence-corrected chi connectivity index (χ4v) is 3.65. The fourth-order valence-electron chi connectivity index (χ4n) is 3.65. The number of hydrogen-bond acceptors (Lipinski definition) is 1. The second-order valence-electron chi connectivity index (χ2n) is 7.30. The number of rotatable bonds is 3. The second-order valence-corrected chi connectivity index (χ2v) is 7.30. The van der Waals surface area contributed by atoms with E-state index in [2.05, 4.69) is 99.1 Å². The summed E-state index contributed by atoms with van der Waals surface area (Å²) in [5.41, 5.74) is 10.6. The van der Waals surface area contributed by atoms with Gasteiger partial charge in [0.05, 0.1) is 17.1 Å². The standard InChI is InChI=1S/C25H24N2/c1-17-10-12-22(19(3)14-17)25-16-23(21-8-6-5-7-9-21)26-27(25)24-13-11-18(2)15-20(24)4/h5-16H,1-4H3. The van der Waals surface area contributed by atoms with Crippen LogP contribution in [-0.4, -0.2) is 9.78 Å². The summed E-state index contributed by atoms with van der Waals surface area (Å²) >= 11 is 0. The molecule has 0 aliphatic rings. The van der Waals surface area contributed by atoms with Crippen molar-refractivity contribution >= 4 is 0 Å². The number of nitrogens with zero attached hydrogens (tertiary/aromatic N) is 2. The Balaban J connectivity index is 1.97. The minimum absolute atomic E-state index is 0.991. The molecule has 0 aliphatic heterocycles. The lowest BCUT2D eigenvalue weighted by Gasteiger charge is -2.13. The van der Waals surface area contributed by atoms with E-state index in [9.17, 15) is 0 Å². The average molecular weight is 352 g/mol. The Morgan fingerprint density at radius 1 is 0.667 bits per heavy atom. The minimum atomic E-state index is 0.991. The molecule has 27 heavy (non-hydrogen) atoms. The summed E-state index contributed by atoms with van der Waals surface area (Å²) in [6, 6.07) is 25.7. The molecule has 4 rings (SSSR count). The van der Waals surface area contributed by atoms with Crippen LogP contribution in [-0.2, 0) is 0 Å². The largest absolute Gasteiger partial charge is 0.232 e. The number of hydrogen-bond donors (Lipinski definition) is 0. The molecule has 0 saturated carbocycles. The van der Waals surface area contributed by atoms with E-state index >= 15 is 0 Å². The van der Waals surface area contributed by atoms with Crippen LogP contribution in [0.25, 0.3) is 28.2 Å². The minimum Gasteiger partial charge on any atom is -0.232 e. The first kappa shape index (κ1) is 17.3. The molecule has 0 bridgehead atoms. The molecule has 4 aromatic rings. The molecular weight excluding hydrogens is 328 g/mol. The van der Waals surface area contributed by atoms with E-state index in [1.165, 1.54) is 27.8 Å². The lowest BCUT2D eigenvalue weighted by atomic mass is 10.0. The Bertz CT molecular complexity index is 1040. The number of aryl methyl sites for hydroxylation is 4. The first-order valence-corrected chi connectivity index (χ1v) is 9.33. The van der Waals surface area contributed by atoms with Crippen molar-refractivity contribution in [1.29, 1.82) is 0 Å². The normalized spacial score (nSPS) is 11.0. The van der Waals surface area contributed by atoms with Crippen LogP contribution in [0.3, 0.4) is 0 Å². The van der Waals surface area contributed by atoms with Gasteiger partial charge in [-0.05, 0) is 51.0 Å². The van der Waals surface area contributed by atoms with Crippen LogP contribution in [0.15, 0.2) is 72.8 Å². The smallest absolute Gasteiger partial charge is 0.0934 e. The molecule has 1 heterocycles. The zero-order valence-corrected chi connectivity index (χ0v) is 16.3. The van der Waals surface area contributed by atoms with Crippen LogP contribution < -0.4 is 0 Å². The van der Waals surface area contributed by atoms with Gasteiger partial charge in [0.2, 0.25) is 0 Å². The van der Waals surface area contributed by atoms with Gasteiger partial charge in [0.25, 0.3) is 0 Å². The SMILES string of the molecule is Cc1ccc(-c2cc(-c3ccccc3)nn2-c2ccc(C)cc2C)c(C)c1. The van der Waals surface area contributed by atoms with Gasteiger partial charge in [0.1, 0.15) is 0 Å². The first-order valence-electron chi connectivity index (χ1n) is 9.33. The van der Waals surface area contributed by atoms with Crippen LogP contribution in [0, 0.1) is 27.7 Å². The van der Waals surface area contributed by atoms with Gasteiger partial charge in [-0.15, -0.1) is 0 Å². The molecule has 0 unspecified atom stereocenters. The monoisotopic (exact) mass is 352 g/mol. The molecule has 0 spiro atoms. The highest BCUT2D eigenvalue weighted by atomic mass is 15.3. The van der Waals surface area contributed by atoms with Crippen molar-refractivity contribution in [2.24, 2.45) is 0 Å². The Morgan fingerprint density at radius 2 is 1.33 bits per heavy atom. The van der Waals surface area contributed by atoms with Gasteiger partial charge in [0, 0.05) is 11.1 Å². The Kier molecular flexibility index (Phi) is 4.41. The van der Waals surface area contributed by atoms with Crippen molar-refractivity contribution < 1.29 is 0 Å². The third-order valence-electron chi connectivity index (χ3n) is 5.02. The van der Waals surface area contributed by atoms with E-state index in [0.29, 0.717) is 0 Å². The zero-order valence-electron chi connectivity index (χ0n) is 16.3. The van der Waals surface area contributed by atoms with Crippen LogP contribution >= 0.6 is 0 Å². The van der Waals surface area contributed by atoms with Gasteiger partial charge in [-0.25, -0.2) is 4.68 Å². The molecule has 2 nitrogen and oxygen atoms in total. The van der Waals surface area contributed by atoms with Crippen LogP contribution in [0.2, 0.25) is 0 Å². The average Bonchev–Trinajstić information content (AvgIpc) is 3.07. The molecule has 0 atom stereocenters. The number of benzene rings is 3. The Labute approximate surface area is 161 Å². The van der Waals surface area contributed by atoms with Crippen LogP contribution in [0.4, 0.5) is 0 Å². The summed E-state index contributed by atoms with van der Waals surface area (Å²) in [6.07, 6.45) is 0. The highest BCUT2D eigenvalue weighted by Crippen LogP contribution is 2.32. The van der Waals surface area contributed by atoms with Gasteiger partial charge in [-0.2, -0.15) is 5.10 Å². The molecule has 0 aliphatic carbocycles. The highest BCUT2D eigenvalue weighted by Gasteiger charge is 2.16. The van der Waals surface area contributed by atoms with Gasteiger partial charge in [0.15, 0.2) is 0 Å². The van der Waals surface area contributed by atoms with Crippen LogP contribution in [0.5, 0.6) is 0 Å². The maximum Gasteiger partial charge on any atom is 0.0934 e. The van der Waals surface area contributed by atoms with Crippen molar-refractivity contribution in [2.45, 2.75) is 27.7 Å². The molecule has 0 saturated heterocycles. The summed E-state index contributed by atoms with van der Waals surface area (Å²) in [4.78, 5) is 0. The summed E-state index contributed by atoms with van der Waals surface area (Å²) < 4.78 is 2.09. The summed E-state index contributed by atoms with van der Waals surface area (Å²) in [5, 5.41) is 5.00. The third-order valence-corrected chi connectivity index (χ3v) is 5.02. The zero-order chi connectivity index (χ0) is 19.0. The van der Waals surface area contributed by atoms with Gasteiger partial charge in [-0.1, -0.05) is 71.8 Å². The molecule has 2 heteroatoms. The van der Waals surface area contributed by atoms with E-state index in [1.807, 2.05) is 6.07 Å². The van der Waals surface area contributed by atoms with Gasteiger partial charge >= 0.3 is 0 Å². The van der Waals surface area contributed by atoms with Gasteiger partial charge in [-0.3, -0.25) is 0 Å². The van der Waals surface area contributed by atoms with Crippen LogP contribution in [0.1, 0.15) is 22.3 Å². The quantitative estimate of drug-likeness (QED) is 0.415. The van der Waals surface area contributed by atoms with Gasteiger partial charge < -0.3 is 0 Å². The van der Waals surface area contributed by atoms with E-state index < -0.39 is 0 Å². The predicted molar refractivity (Wildman–Crippen MR) is 113 cm³/mol. The maximum absolute atomic E-state index is 5.00. The molecule has 0 amide bonds. The lowest BCUT2D eigenvalue weighted by molar-refractivity contribution is 0.882. The molecule has 0 radical (unpaired) electrons. The van der Waals surface area contributed by atoms with E-state index in [4.69, 9.17) is 5.10 Å². The molecule has 1 aromatic heterocycles. The maximum atomic E-state index is 5.00. The van der Waals surface area contributed by atoms with Crippen molar-refractivity contribution in [2.75, 3.05) is 0 Å².